The summed E-state index contributed by atoms with van der Waals surface area (Å²) in [6.07, 6.45) is 3.86. The van der Waals surface area contributed by atoms with Crippen LogP contribution in [0.4, 0.5) is 17.1 Å². The van der Waals surface area contributed by atoms with Gasteiger partial charge in [-0.2, -0.15) is 0 Å². The number of carbonyl (C=O) groups is 1. The van der Waals surface area contributed by atoms with Crippen LogP contribution in [0.2, 0.25) is 0 Å². The molecule has 1 fully saturated rings. The summed E-state index contributed by atoms with van der Waals surface area (Å²) in [4.78, 5) is 18.6. The zero-order valence-corrected chi connectivity index (χ0v) is 15.2. The van der Waals surface area contributed by atoms with Crippen molar-refractivity contribution in [3.63, 3.8) is 0 Å². The van der Waals surface area contributed by atoms with Crippen molar-refractivity contribution in [3.8, 4) is 0 Å². The predicted octanol–water partition coefficient (Wildman–Crippen LogP) is 3.87. The number of nitrogens with zero attached hydrogens (tertiary/aromatic N) is 2. The first-order valence-corrected chi connectivity index (χ1v) is 9.00. The Morgan fingerprint density at radius 3 is 2.52 bits per heavy atom. The van der Waals surface area contributed by atoms with Crippen LogP contribution in [0, 0.1) is 6.92 Å². The second-order valence-corrected chi connectivity index (χ2v) is 6.48. The number of anilines is 3. The van der Waals surface area contributed by atoms with Crippen LogP contribution in [0.1, 0.15) is 42.7 Å². The molecule has 1 aromatic carbocycles. The second kappa shape index (κ2) is 7.55. The van der Waals surface area contributed by atoms with Crippen LogP contribution >= 0.6 is 0 Å². The van der Waals surface area contributed by atoms with Gasteiger partial charge in [0, 0.05) is 30.5 Å². The van der Waals surface area contributed by atoms with Gasteiger partial charge in [0.1, 0.15) is 5.69 Å². The fraction of sp³-hybridized carbons (Fsp3) is 0.400. The maximum atomic E-state index is 12.0. The summed E-state index contributed by atoms with van der Waals surface area (Å²) < 4.78 is 0. The van der Waals surface area contributed by atoms with Crippen LogP contribution in [0.15, 0.2) is 36.5 Å². The molecule has 2 N–H and O–H groups in total. The maximum absolute atomic E-state index is 12.0. The third-order valence-electron chi connectivity index (χ3n) is 4.53. The highest BCUT2D eigenvalue weighted by Gasteiger charge is 2.24. The van der Waals surface area contributed by atoms with Gasteiger partial charge in [0.2, 0.25) is 0 Å². The fourth-order valence-electron chi connectivity index (χ4n) is 2.82. The van der Waals surface area contributed by atoms with E-state index < -0.39 is 0 Å². The minimum atomic E-state index is -0.0891. The highest BCUT2D eigenvalue weighted by Crippen LogP contribution is 2.25. The van der Waals surface area contributed by atoms with Crippen molar-refractivity contribution >= 4 is 23.0 Å². The molecule has 5 nitrogen and oxygen atoms in total. The highest BCUT2D eigenvalue weighted by molar-refractivity contribution is 5.92. The minimum Gasteiger partial charge on any atom is -0.372 e. The fourth-order valence-corrected chi connectivity index (χ4v) is 2.82. The van der Waals surface area contributed by atoms with Crippen molar-refractivity contribution in [2.24, 2.45) is 0 Å². The monoisotopic (exact) mass is 338 g/mol. The van der Waals surface area contributed by atoms with E-state index in [0.29, 0.717) is 11.7 Å². The Balaban J connectivity index is 1.68. The third kappa shape index (κ3) is 4.29. The molecule has 1 aromatic heterocycles. The number of amides is 1. The lowest BCUT2D eigenvalue weighted by Gasteiger charge is -2.22. The highest BCUT2D eigenvalue weighted by atomic mass is 16.2. The van der Waals surface area contributed by atoms with Crippen LogP contribution in [-0.2, 0) is 0 Å². The first kappa shape index (κ1) is 17.3. The van der Waals surface area contributed by atoms with Crippen LogP contribution in [0.25, 0.3) is 0 Å². The van der Waals surface area contributed by atoms with Crippen LogP contribution in [0.5, 0.6) is 0 Å². The number of hydrogen-bond acceptors (Lipinski definition) is 4. The number of rotatable bonds is 7. The van der Waals surface area contributed by atoms with E-state index in [4.69, 9.17) is 0 Å². The molecule has 0 saturated heterocycles. The lowest BCUT2D eigenvalue weighted by molar-refractivity contribution is 0.0946. The zero-order valence-electron chi connectivity index (χ0n) is 15.2. The molecule has 3 rings (SSSR count). The third-order valence-corrected chi connectivity index (χ3v) is 4.53. The molecule has 2 aromatic rings. The molecule has 1 aliphatic carbocycles. The van der Waals surface area contributed by atoms with Gasteiger partial charge in [-0.3, -0.25) is 4.79 Å². The van der Waals surface area contributed by atoms with E-state index in [1.54, 1.807) is 12.3 Å². The quantitative estimate of drug-likeness (QED) is 0.804. The van der Waals surface area contributed by atoms with Gasteiger partial charge in [0.15, 0.2) is 0 Å². The summed E-state index contributed by atoms with van der Waals surface area (Å²) in [6, 6.07) is 10.4. The number of pyridine rings is 1. The van der Waals surface area contributed by atoms with Gasteiger partial charge >= 0.3 is 0 Å². The minimum absolute atomic E-state index is 0.0891. The Bertz CT molecular complexity index is 734. The van der Waals surface area contributed by atoms with Crippen molar-refractivity contribution in [2.45, 2.75) is 39.7 Å². The normalized spacial score (nSPS) is 13.4. The molecule has 0 unspecified atom stereocenters. The Labute approximate surface area is 149 Å². The summed E-state index contributed by atoms with van der Waals surface area (Å²) in [5.74, 6) is -0.0891. The molecule has 5 heteroatoms. The molecule has 1 aliphatic rings. The molecule has 132 valence electrons. The molecule has 0 aliphatic heterocycles. The van der Waals surface area contributed by atoms with Gasteiger partial charge in [0.05, 0.1) is 11.9 Å². The predicted molar refractivity (Wildman–Crippen MR) is 103 cm³/mol. The summed E-state index contributed by atoms with van der Waals surface area (Å²) >= 11 is 0. The zero-order chi connectivity index (χ0) is 17.8. The van der Waals surface area contributed by atoms with Crippen molar-refractivity contribution in [2.75, 3.05) is 23.3 Å². The van der Waals surface area contributed by atoms with E-state index in [-0.39, 0.29) is 5.91 Å². The second-order valence-electron chi connectivity index (χ2n) is 6.48. The maximum Gasteiger partial charge on any atom is 0.270 e. The number of hydrogen-bond donors (Lipinski definition) is 2. The molecule has 1 amide bonds. The van der Waals surface area contributed by atoms with Crippen LogP contribution < -0.4 is 15.5 Å². The Kier molecular flexibility index (Phi) is 5.22. The molecule has 0 bridgehead atoms. The van der Waals surface area contributed by atoms with Gasteiger partial charge in [-0.15, -0.1) is 0 Å². The van der Waals surface area contributed by atoms with Crippen LogP contribution in [0.3, 0.4) is 0 Å². The topological polar surface area (TPSA) is 57.3 Å². The van der Waals surface area contributed by atoms with Crippen molar-refractivity contribution in [1.82, 2.24) is 10.3 Å². The molecule has 0 radical (unpaired) electrons. The summed E-state index contributed by atoms with van der Waals surface area (Å²) in [6.45, 7) is 8.42. The van der Waals surface area contributed by atoms with Crippen molar-refractivity contribution < 1.29 is 4.79 Å². The Morgan fingerprint density at radius 2 is 1.96 bits per heavy atom. The molecule has 1 saturated carbocycles. The van der Waals surface area contributed by atoms with Crippen LogP contribution in [-0.4, -0.2) is 30.0 Å². The smallest absolute Gasteiger partial charge is 0.270 e. The first-order valence-electron chi connectivity index (χ1n) is 9.00. The average molecular weight is 338 g/mol. The first-order chi connectivity index (χ1) is 12.1. The molecule has 1 heterocycles. The van der Waals surface area contributed by atoms with E-state index in [2.05, 4.69) is 59.5 Å². The largest absolute Gasteiger partial charge is 0.372 e. The van der Waals surface area contributed by atoms with E-state index in [9.17, 15) is 4.79 Å². The number of aryl methyl sites for hydroxylation is 1. The summed E-state index contributed by atoms with van der Waals surface area (Å²) in [5.41, 5.74) is 4.80. The molecular formula is C20H26N4O. The van der Waals surface area contributed by atoms with Gasteiger partial charge in [-0.25, -0.2) is 4.98 Å². The van der Waals surface area contributed by atoms with E-state index in [0.717, 1.165) is 37.3 Å². The number of aromatic nitrogens is 1. The van der Waals surface area contributed by atoms with Gasteiger partial charge in [0.25, 0.3) is 5.91 Å². The lowest BCUT2D eigenvalue weighted by Crippen LogP contribution is -2.26. The molecule has 0 spiro atoms. The summed E-state index contributed by atoms with van der Waals surface area (Å²) in [5, 5.41) is 6.33. The number of benzene rings is 1. The lowest BCUT2D eigenvalue weighted by atomic mass is 10.1. The molecule has 0 atom stereocenters. The van der Waals surface area contributed by atoms with Gasteiger partial charge in [-0.05, 0) is 69.5 Å². The van der Waals surface area contributed by atoms with Gasteiger partial charge < -0.3 is 15.5 Å². The van der Waals surface area contributed by atoms with Gasteiger partial charge in [-0.1, -0.05) is 0 Å². The van der Waals surface area contributed by atoms with E-state index in [1.165, 1.54) is 11.3 Å². The number of nitrogens with one attached hydrogen (secondary N) is 2. The standard InChI is InChI=1S/C20H26N4O/c1-4-24(5-2)17-9-11-18(14(3)12-17)22-16-8-10-19(21-13-16)20(25)23-15-6-7-15/h8-13,15,22H,4-7H2,1-3H3,(H,23,25). The Hall–Kier alpha value is -2.56. The number of carbonyl (C=O) groups excluding carboxylic acids is 1. The van der Waals surface area contributed by atoms with Crippen molar-refractivity contribution in [1.29, 1.82) is 0 Å². The SMILES string of the molecule is CCN(CC)c1ccc(Nc2ccc(C(=O)NC3CC3)nc2)c(C)c1. The molecule has 25 heavy (non-hydrogen) atoms. The van der Waals surface area contributed by atoms with E-state index in [1.807, 2.05) is 6.07 Å². The van der Waals surface area contributed by atoms with E-state index >= 15 is 0 Å². The Morgan fingerprint density at radius 1 is 1.20 bits per heavy atom. The average Bonchev–Trinajstić information content (AvgIpc) is 3.43. The summed E-state index contributed by atoms with van der Waals surface area (Å²) in [7, 11) is 0. The molecular weight excluding hydrogens is 312 g/mol. The van der Waals surface area contributed by atoms with Crippen molar-refractivity contribution in [3.05, 3.63) is 47.8 Å².